The van der Waals surface area contributed by atoms with E-state index in [0.717, 1.165) is 36.6 Å². The van der Waals surface area contributed by atoms with Crippen LogP contribution in [0, 0.1) is 0 Å². The number of nitrogens with zero attached hydrogens (tertiary/aromatic N) is 1. The quantitative estimate of drug-likeness (QED) is 0.795. The number of carbonyl (C=O) groups is 1. The molecule has 1 aromatic carbocycles. The van der Waals surface area contributed by atoms with Crippen LogP contribution in [-0.2, 0) is 4.74 Å². The first kappa shape index (κ1) is 18.2. The predicted octanol–water partition coefficient (Wildman–Crippen LogP) is 3.52. The van der Waals surface area contributed by atoms with Gasteiger partial charge in [0.1, 0.15) is 11.4 Å². The van der Waals surface area contributed by atoms with E-state index in [-0.39, 0.29) is 18.1 Å². The van der Waals surface area contributed by atoms with Gasteiger partial charge >= 0.3 is 0 Å². The van der Waals surface area contributed by atoms with Gasteiger partial charge in [0.05, 0.1) is 24.1 Å². The van der Waals surface area contributed by atoms with Gasteiger partial charge in [-0.2, -0.15) is 0 Å². The van der Waals surface area contributed by atoms with Crippen LogP contribution in [0.15, 0.2) is 42.6 Å². The third-order valence-electron chi connectivity index (χ3n) is 4.03. The zero-order valence-electron chi connectivity index (χ0n) is 15.2. The fourth-order valence-electron chi connectivity index (χ4n) is 2.76. The van der Waals surface area contributed by atoms with Gasteiger partial charge in [-0.15, -0.1) is 0 Å². The van der Waals surface area contributed by atoms with Gasteiger partial charge < -0.3 is 20.1 Å². The van der Waals surface area contributed by atoms with Crippen molar-refractivity contribution in [3.05, 3.63) is 48.3 Å². The van der Waals surface area contributed by atoms with E-state index in [1.54, 1.807) is 12.3 Å². The molecule has 1 fully saturated rings. The van der Waals surface area contributed by atoms with Crippen molar-refractivity contribution >= 4 is 17.3 Å². The summed E-state index contributed by atoms with van der Waals surface area (Å²) in [6, 6.07) is 11.3. The molecule has 2 N–H and O–H groups in total. The molecule has 1 amide bonds. The van der Waals surface area contributed by atoms with Gasteiger partial charge in [-0.3, -0.25) is 4.79 Å². The topological polar surface area (TPSA) is 72.5 Å². The average molecular weight is 355 g/mol. The van der Waals surface area contributed by atoms with Crippen molar-refractivity contribution in [3.8, 4) is 5.75 Å². The normalized spacial score (nSPS) is 16.5. The lowest BCUT2D eigenvalue weighted by Crippen LogP contribution is -2.32. The molecule has 0 aliphatic carbocycles. The SMILES string of the molecule is CC(C)Oc1ccc(Nc2ccc(C(=O)NCC3CCCO3)nc2)cc1. The maximum absolute atomic E-state index is 12.1. The second-order valence-electron chi connectivity index (χ2n) is 6.59. The number of ether oxygens (including phenoxy) is 2. The number of nitrogens with one attached hydrogen (secondary N) is 2. The van der Waals surface area contributed by atoms with Crippen molar-refractivity contribution in [2.24, 2.45) is 0 Å². The van der Waals surface area contributed by atoms with E-state index in [0.29, 0.717) is 12.2 Å². The Morgan fingerprint density at radius 2 is 2.00 bits per heavy atom. The highest BCUT2D eigenvalue weighted by Crippen LogP contribution is 2.20. The molecule has 2 aromatic rings. The molecule has 1 atom stereocenters. The molecular formula is C20H25N3O3. The van der Waals surface area contributed by atoms with E-state index in [9.17, 15) is 4.79 Å². The second-order valence-corrected chi connectivity index (χ2v) is 6.59. The van der Waals surface area contributed by atoms with Crippen molar-refractivity contribution in [3.63, 3.8) is 0 Å². The first-order valence-corrected chi connectivity index (χ1v) is 9.00. The summed E-state index contributed by atoms with van der Waals surface area (Å²) >= 11 is 0. The molecule has 0 radical (unpaired) electrons. The minimum Gasteiger partial charge on any atom is -0.491 e. The molecule has 1 unspecified atom stereocenters. The lowest BCUT2D eigenvalue weighted by atomic mass is 10.2. The van der Waals surface area contributed by atoms with Gasteiger partial charge in [0.15, 0.2) is 0 Å². The summed E-state index contributed by atoms with van der Waals surface area (Å²) in [5.74, 6) is 0.657. The van der Waals surface area contributed by atoms with Crippen LogP contribution in [0.4, 0.5) is 11.4 Å². The third kappa shape index (κ3) is 5.20. The standard InChI is InChI=1S/C20H25N3O3/c1-14(2)26-17-8-5-15(6-9-17)23-16-7-10-19(21-12-16)20(24)22-13-18-4-3-11-25-18/h5-10,12,14,18,23H,3-4,11,13H2,1-2H3,(H,22,24). The minimum atomic E-state index is -0.178. The molecule has 1 aromatic heterocycles. The highest BCUT2D eigenvalue weighted by molar-refractivity contribution is 5.92. The van der Waals surface area contributed by atoms with E-state index in [1.807, 2.05) is 44.2 Å². The van der Waals surface area contributed by atoms with E-state index >= 15 is 0 Å². The molecule has 1 saturated heterocycles. The number of carbonyl (C=O) groups excluding carboxylic acids is 1. The van der Waals surface area contributed by atoms with Crippen LogP contribution >= 0.6 is 0 Å². The summed E-state index contributed by atoms with van der Waals surface area (Å²) in [6.07, 6.45) is 3.99. The van der Waals surface area contributed by atoms with Gasteiger partial charge in [-0.1, -0.05) is 0 Å². The number of amides is 1. The fraction of sp³-hybridized carbons (Fsp3) is 0.400. The Morgan fingerprint density at radius 3 is 2.62 bits per heavy atom. The molecule has 1 aliphatic rings. The number of hydrogen-bond donors (Lipinski definition) is 2. The van der Waals surface area contributed by atoms with Crippen molar-refractivity contribution < 1.29 is 14.3 Å². The van der Waals surface area contributed by atoms with Gasteiger partial charge in [0, 0.05) is 18.8 Å². The molecule has 3 rings (SSSR count). The lowest BCUT2D eigenvalue weighted by Gasteiger charge is -2.12. The Balaban J connectivity index is 1.52. The number of benzene rings is 1. The monoisotopic (exact) mass is 355 g/mol. The fourth-order valence-corrected chi connectivity index (χ4v) is 2.76. The van der Waals surface area contributed by atoms with Crippen LogP contribution in [0.25, 0.3) is 0 Å². The summed E-state index contributed by atoms with van der Waals surface area (Å²) < 4.78 is 11.1. The van der Waals surface area contributed by atoms with Crippen LogP contribution in [0.1, 0.15) is 37.2 Å². The molecular weight excluding hydrogens is 330 g/mol. The third-order valence-corrected chi connectivity index (χ3v) is 4.03. The summed E-state index contributed by atoms with van der Waals surface area (Å²) in [7, 11) is 0. The second kappa shape index (κ2) is 8.67. The van der Waals surface area contributed by atoms with Crippen LogP contribution < -0.4 is 15.4 Å². The molecule has 6 heteroatoms. The number of aromatic nitrogens is 1. The van der Waals surface area contributed by atoms with Gasteiger partial charge in [-0.25, -0.2) is 4.98 Å². The largest absolute Gasteiger partial charge is 0.491 e. The van der Waals surface area contributed by atoms with Crippen LogP contribution in [0.2, 0.25) is 0 Å². The maximum atomic E-state index is 12.1. The number of hydrogen-bond acceptors (Lipinski definition) is 5. The summed E-state index contributed by atoms with van der Waals surface area (Å²) in [4.78, 5) is 16.4. The first-order valence-electron chi connectivity index (χ1n) is 9.00. The first-order chi connectivity index (χ1) is 12.6. The average Bonchev–Trinajstić information content (AvgIpc) is 3.15. The zero-order valence-corrected chi connectivity index (χ0v) is 15.2. The van der Waals surface area contributed by atoms with Gasteiger partial charge in [-0.05, 0) is 63.1 Å². The van der Waals surface area contributed by atoms with Crippen molar-refractivity contribution in [2.75, 3.05) is 18.5 Å². The van der Waals surface area contributed by atoms with E-state index in [4.69, 9.17) is 9.47 Å². The molecule has 138 valence electrons. The van der Waals surface area contributed by atoms with Crippen LogP contribution in [-0.4, -0.2) is 36.3 Å². The van der Waals surface area contributed by atoms with E-state index in [2.05, 4.69) is 15.6 Å². The molecule has 0 spiro atoms. The molecule has 0 saturated carbocycles. The number of anilines is 2. The highest BCUT2D eigenvalue weighted by Gasteiger charge is 2.17. The molecule has 26 heavy (non-hydrogen) atoms. The minimum absolute atomic E-state index is 0.127. The Bertz CT molecular complexity index is 708. The smallest absolute Gasteiger partial charge is 0.269 e. The molecule has 0 bridgehead atoms. The highest BCUT2D eigenvalue weighted by atomic mass is 16.5. The maximum Gasteiger partial charge on any atom is 0.269 e. The number of rotatable bonds is 7. The molecule has 1 aliphatic heterocycles. The number of pyridine rings is 1. The lowest BCUT2D eigenvalue weighted by molar-refractivity contribution is 0.0854. The van der Waals surface area contributed by atoms with Crippen LogP contribution in [0.5, 0.6) is 5.75 Å². The molecule has 2 heterocycles. The van der Waals surface area contributed by atoms with Crippen molar-refractivity contribution in [1.82, 2.24) is 10.3 Å². The summed E-state index contributed by atoms with van der Waals surface area (Å²) in [6.45, 7) is 5.31. The van der Waals surface area contributed by atoms with Gasteiger partial charge in [0.25, 0.3) is 5.91 Å². The predicted molar refractivity (Wildman–Crippen MR) is 101 cm³/mol. The Morgan fingerprint density at radius 1 is 1.23 bits per heavy atom. The van der Waals surface area contributed by atoms with E-state index < -0.39 is 0 Å². The van der Waals surface area contributed by atoms with Gasteiger partial charge in [0.2, 0.25) is 0 Å². The van der Waals surface area contributed by atoms with Crippen molar-refractivity contribution in [1.29, 1.82) is 0 Å². The van der Waals surface area contributed by atoms with Crippen molar-refractivity contribution in [2.45, 2.75) is 38.9 Å². The molecule has 6 nitrogen and oxygen atoms in total. The zero-order chi connectivity index (χ0) is 18.4. The Hall–Kier alpha value is -2.60. The Labute approximate surface area is 153 Å². The summed E-state index contributed by atoms with van der Waals surface area (Å²) in [5, 5.41) is 6.13. The van der Waals surface area contributed by atoms with E-state index in [1.165, 1.54) is 0 Å². The summed E-state index contributed by atoms with van der Waals surface area (Å²) in [5.41, 5.74) is 2.14. The van der Waals surface area contributed by atoms with Crippen LogP contribution in [0.3, 0.4) is 0 Å². The Kier molecular flexibility index (Phi) is 6.07.